The minimum absolute atomic E-state index is 0.00226. The Kier molecular flexibility index (Phi) is 8.70. The zero-order valence-electron chi connectivity index (χ0n) is 20.5. The van der Waals surface area contributed by atoms with Crippen LogP contribution in [0.15, 0.2) is 71.2 Å². The number of nitrogens with zero attached hydrogens (tertiary/aromatic N) is 2. The average molecular weight is 543 g/mol. The van der Waals surface area contributed by atoms with E-state index in [1.165, 1.54) is 53.8 Å². The Labute approximate surface area is 221 Å². The summed E-state index contributed by atoms with van der Waals surface area (Å²) in [5.41, 5.74) is 2.10. The van der Waals surface area contributed by atoms with Gasteiger partial charge in [0.15, 0.2) is 18.1 Å². The standard InChI is InChI=1S/C27H24F2N2O6S/c1-34-22-11-8-18(14-23(22)35-2)21-15-20(24-4-3-13-38-24)30-31(21)25(32)16-36-26(33)12-7-17-5-9-19(10-6-17)37-27(28)29/h3-14,21,27H,15-16H2,1-2H3/b12-7+/t21-/m0/s1. The highest BCUT2D eigenvalue weighted by Gasteiger charge is 2.34. The second kappa shape index (κ2) is 12.3. The largest absolute Gasteiger partial charge is 0.493 e. The van der Waals surface area contributed by atoms with E-state index in [2.05, 4.69) is 9.84 Å². The van der Waals surface area contributed by atoms with Crippen molar-refractivity contribution in [3.8, 4) is 17.2 Å². The predicted molar refractivity (Wildman–Crippen MR) is 138 cm³/mol. The van der Waals surface area contributed by atoms with E-state index in [1.54, 1.807) is 19.2 Å². The van der Waals surface area contributed by atoms with E-state index in [9.17, 15) is 18.4 Å². The first kappa shape index (κ1) is 26.8. The maximum Gasteiger partial charge on any atom is 0.387 e. The third-order valence-electron chi connectivity index (χ3n) is 5.62. The third-order valence-corrected chi connectivity index (χ3v) is 6.54. The Morgan fingerprint density at radius 1 is 1.11 bits per heavy atom. The topological polar surface area (TPSA) is 86.7 Å². The molecule has 0 unspecified atom stereocenters. The van der Waals surface area contributed by atoms with E-state index in [0.29, 0.717) is 23.5 Å². The lowest BCUT2D eigenvalue weighted by molar-refractivity contribution is -0.149. The van der Waals surface area contributed by atoms with Gasteiger partial charge in [-0.15, -0.1) is 11.3 Å². The first-order chi connectivity index (χ1) is 18.4. The summed E-state index contributed by atoms with van der Waals surface area (Å²) in [7, 11) is 3.08. The van der Waals surface area contributed by atoms with Gasteiger partial charge in [-0.05, 0) is 52.9 Å². The lowest BCUT2D eigenvalue weighted by atomic mass is 10.0. The molecule has 38 heavy (non-hydrogen) atoms. The van der Waals surface area contributed by atoms with Crippen molar-refractivity contribution in [3.05, 3.63) is 82.1 Å². The zero-order valence-corrected chi connectivity index (χ0v) is 21.3. The number of hydrogen-bond donors (Lipinski definition) is 0. The van der Waals surface area contributed by atoms with Crippen molar-refractivity contribution in [2.75, 3.05) is 20.8 Å². The molecule has 0 fully saturated rings. The van der Waals surface area contributed by atoms with Crippen molar-refractivity contribution in [1.29, 1.82) is 0 Å². The van der Waals surface area contributed by atoms with Gasteiger partial charge in [-0.3, -0.25) is 4.79 Å². The van der Waals surface area contributed by atoms with Crippen molar-refractivity contribution < 1.29 is 37.3 Å². The molecule has 8 nitrogen and oxygen atoms in total. The fourth-order valence-electron chi connectivity index (χ4n) is 3.82. The Morgan fingerprint density at radius 2 is 1.87 bits per heavy atom. The van der Waals surface area contributed by atoms with Crippen molar-refractivity contribution in [1.82, 2.24) is 5.01 Å². The van der Waals surface area contributed by atoms with Gasteiger partial charge in [0.1, 0.15) is 5.75 Å². The molecule has 1 atom stereocenters. The minimum Gasteiger partial charge on any atom is -0.493 e. The van der Waals surface area contributed by atoms with E-state index in [1.807, 2.05) is 23.6 Å². The smallest absolute Gasteiger partial charge is 0.387 e. The molecule has 11 heteroatoms. The van der Waals surface area contributed by atoms with Crippen LogP contribution in [0.3, 0.4) is 0 Å². The van der Waals surface area contributed by atoms with Crippen LogP contribution in [-0.4, -0.2) is 50.0 Å². The quantitative estimate of drug-likeness (QED) is 0.255. The zero-order chi connectivity index (χ0) is 27.1. The molecule has 0 saturated carbocycles. The van der Waals surface area contributed by atoms with Crippen molar-refractivity contribution >= 4 is 35.0 Å². The molecule has 4 rings (SSSR count). The van der Waals surface area contributed by atoms with Gasteiger partial charge in [-0.1, -0.05) is 24.3 Å². The van der Waals surface area contributed by atoms with Crippen molar-refractivity contribution in [2.45, 2.75) is 19.1 Å². The maximum atomic E-state index is 13.1. The molecule has 3 aromatic rings. The highest BCUT2D eigenvalue weighted by atomic mass is 32.1. The first-order valence-corrected chi connectivity index (χ1v) is 12.3. The fraction of sp³-hybridized carbons (Fsp3) is 0.222. The molecule has 0 saturated heterocycles. The highest BCUT2D eigenvalue weighted by Crippen LogP contribution is 2.37. The van der Waals surface area contributed by atoms with Crippen LogP contribution in [0.4, 0.5) is 8.78 Å². The first-order valence-electron chi connectivity index (χ1n) is 11.4. The number of rotatable bonds is 10. The lowest BCUT2D eigenvalue weighted by Crippen LogP contribution is -2.31. The second-order valence-corrected chi connectivity index (χ2v) is 8.93. The van der Waals surface area contributed by atoms with Gasteiger partial charge in [-0.25, -0.2) is 9.80 Å². The van der Waals surface area contributed by atoms with Crippen LogP contribution in [0.2, 0.25) is 0 Å². The van der Waals surface area contributed by atoms with Gasteiger partial charge in [-0.2, -0.15) is 13.9 Å². The van der Waals surface area contributed by atoms with E-state index >= 15 is 0 Å². The Hall–Kier alpha value is -4.25. The van der Waals surface area contributed by atoms with Crippen LogP contribution in [0.25, 0.3) is 6.08 Å². The molecule has 0 spiro atoms. The molecule has 198 valence electrons. The Morgan fingerprint density at radius 3 is 2.53 bits per heavy atom. The Balaban J connectivity index is 1.44. The maximum absolute atomic E-state index is 13.1. The Bertz CT molecular complexity index is 1330. The predicted octanol–water partition coefficient (Wildman–Crippen LogP) is 5.30. The van der Waals surface area contributed by atoms with Crippen molar-refractivity contribution in [3.63, 3.8) is 0 Å². The van der Waals surface area contributed by atoms with E-state index in [-0.39, 0.29) is 5.75 Å². The number of benzene rings is 2. The number of ether oxygens (including phenoxy) is 4. The molecule has 1 amide bonds. The van der Waals surface area contributed by atoms with Gasteiger partial charge in [0.05, 0.1) is 30.9 Å². The fourth-order valence-corrected chi connectivity index (χ4v) is 4.54. The highest BCUT2D eigenvalue weighted by molar-refractivity contribution is 7.12. The molecule has 0 radical (unpaired) electrons. The number of amides is 1. The monoisotopic (exact) mass is 542 g/mol. The summed E-state index contributed by atoms with van der Waals surface area (Å²) in [5, 5.41) is 7.81. The number of thiophene rings is 1. The molecule has 1 aliphatic rings. The molecular formula is C27H24F2N2O6S. The lowest BCUT2D eigenvalue weighted by Gasteiger charge is -2.22. The summed E-state index contributed by atoms with van der Waals surface area (Å²) >= 11 is 1.52. The minimum atomic E-state index is -2.92. The van der Waals surface area contributed by atoms with Gasteiger partial charge >= 0.3 is 12.6 Å². The molecule has 1 aromatic heterocycles. The van der Waals surface area contributed by atoms with Crippen LogP contribution in [0.1, 0.15) is 28.5 Å². The summed E-state index contributed by atoms with van der Waals surface area (Å²) in [4.78, 5) is 26.3. The van der Waals surface area contributed by atoms with Crippen LogP contribution in [-0.2, 0) is 14.3 Å². The van der Waals surface area contributed by atoms with Crippen LogP contribution < -0.4 is 14.2 Å². The number of carbonyl (C=O) groups excluding carboxylic acids is 2. The average Bonchev–Trinajstić information content (AvgIpc) is 3.61. The van der Waals surface area contributed by atoms with E-state index < -0.39 is 31.1 Å². The van der Waals surface area contributed by atoms with Crippen LogP contribution in [0, 0.1) is 0 Å². The molecule has 2 heterocycles. The number of alkyl halides is 2. The number of methoxy groups -OCH3 is 2. The summed E-state index contributed by atoms with van der Waals surface area (Å²) < 4.78 is 44.7. The SMILES string of the molecule is COc1ccc([C@@H]2CC(c3cccs3)=NN2C(=O)COC(=O)/C=C/c2ccc(OC(F)F)cc2)cc1OC. The summed E-state index contributed by atoms with van der Waals surface area (Å²) in [6, 6.07) is 14.5. The third kappa shape index (κ3) is 6.54. The number of carbonyl (C=O) groups is 2. The van der Waals surface area contributed by atoms with Gasteiger partial charge in [0.25, 0.3) is 5.91 Å². The molecule has 0 N–H and O–H groups in total. The normalized spacial score (nSPS) is 15.0. The number of halogens is 2. The summed E-state index contributed by atoms with van der Waals surface area (Å²) in [6.07, 6.45) is 3.06. The number of hydrogen-bond acceptors (Lipinski definition) is 8. The molecule has 0 bridgehead atoms. The summed E-state index contributed by atoms with van der Waals surface area (Å²) in [6.45, 7) is -3.44. The summed E-state index contributed by atoms with van der Waals surface area (Å²) in [5.74, 6) is -0.152. The van der Waals surface area contributed by atoms with Crippen molar-refractivity contribution in [2.24, 2.45) is 5.10 Å². The van der Waals surface area contributed by atoms with Crippen LogP contribution >= 0.6 is 11.3 Å². The molecule has 0 aliphatic carbocycles. The molecule has 2 aromatic carbocycles. The van der Waals surface area contributed by atoms with Gasteiger partial charge in [0.2, 0.25) is 0 Å². The van der Waals surface area contributed by atoms with E-state index in [4.69, 9.17) is 14.2 Å². The molecular weight excluding hydrogens is 518 g/mol. The van der Waals surface area contributed by atoms with Gasteiger partial charge in [0, 0.05) is 12.5 Å². The van der Waals surface area contributed by atoms with Gasteiger partial charge < -0.3 is 18.9 Å². The number of esters is 1. The van der Waals surface area contributed by atoms with Crippen LogP contribution in [0.5, 0.6) is 17.2 Å². The number of hydrazone groups is 1. The molecule has 1 aliphatic heterocycles. The second-order valence-electron chi connectivity index (χ2n) is 7.99. The van der Waals surface area contributed by atoms with E-state index in [0.717, 1.165) is 22.2 Å².